The van der Waals surface area contributed by atoms with Gasteiger partial charge in [-0.2, -0.15) is 0 Å². The molecular weight excluding hydrogens is 256 g/mol. The zero-order valence-electron chi connectivity index (χ0n) is 11.1. The number of Topliss-reactive ketones (excluding diaryl/α,β-unsaturated/α-hetero) is 1. The van der Waals surface area contributed by atoms with Gasteiger partial charge in [0.25, 0.3) is 0 Å². The molecule has 0 saturated heterocycles. The molecule has 4 nitrogen and oxygen atoms in total. The first-order valence-electron chi connectivity index (χ1n) is 6.32. The summed E-state index contributed by atoms with van der Waals surface area (Å²) in [5.74, 6) is -1.85. The molecule has 0 amide bonds. The Morgan fingerprint density at radius 2 is 1.60 bits per heavy atom. The Morgan fingerprint density at radius 1 is 1.05 bits per heavy atom. The van der Waals surface area contributed by atoms with Crippen molar-refractivity contribution < 1.29 is 20.1 Å². The van der Waals surface area contributed by atoms with Crippen molar-refractivity contribution in [3.05, 3.63) is 53.6 Å². The highest BCUT2D eigenvalue weighted by Gasteiger charge is 2.23. The molecule has 20 heavy (non-hydrogen) atoms. The van der Waals surface area contributed by atoms with Crippen LogP contribution in [0.5, 0.6) is 17.2 Å². The predicted octanol–water partition coefficient (Wildman–Crippen LogP) is 2.86. The quantitative estimate of drug-likeness (QED) is 0.748. The maximum Gasteiger partial charge on any atom is 0.173 e. The Hall–Kier alpha value is -2.49. The lowest BCUT2D eigenvalue weighted by Crippen LogP contribution is -2.14. The van der Waals surface area contributed by atoms with Gasteiger partial charge >= 0.3 is 0 Å². The summed E-state index contributed by atoms with van der Waals surface area (Å²) in [6, 6.07) is 11.6. The second kappa shape index (κ2) is 5.65. The van der Waals surface area contributed by atoms with Gasteiger partial charge in [0.15, 0.2) is 5.78 Å². The molecule has 2 aromatic carbocycles. The van der Waals surface area contributed by atoms with Gasteiger partial charge in [-0.3, -0.25) is 4.79 Å². The summed E-state index contributed by atoms with van der Waals surface area (Å²) in [6.07, 6.45) is 0.513. The van der Waals surface area contributed by atoms with Crippen LogP contribution in [-0.2, 0) is 6.42 Å². The number of phenolic OH excluding ortho intramolecular Hbond substituents is 3. The van der Waals surface area contributed by atoms with Gasteiger partial charge in [-0.25, -0.2) is 0 Å². The largest absolute Gasteiger partial charge is 0.508 e. The summed E-state index contributed by atoms with van der Waals surface area (Å²) >= 11 is 0. The molecular formula is C16H16O4. The molecule has 0 fully saturated rings. The average molecular weight is 272 g/mol. The zero-order chi connectivity index (χ0) is 14.7. The molecule has 0 aromatic heterocycles. The molecule has 1 unspecified atom stereocenters. The standard InChI is InChI=1S/C16H16O4/c1-10(7-11-5-3-2-4-6-11)16(20)15-13(18)8-12(17)9-14(15)19/h2-6,8-10,17-19H,7H2,1H3. The monoisotopic (exact) mass is 272 g/mol. The van der Waals surface area contributed by atoms with E-state index in [0.717, 1.165) is 17.7 Å². The molecule has 1 atom stereocenters. The highest BCUT2D eigenvalue weighted by Crippen LogP contribution is 2.34. The zero-order valence-corrected chi connectivity index (χ0v) is 11.1. The van der Waals surface area contributed by atoms with Gasteiger partial charge in [0.05, 0.1) is 0 Å². The van der Waals surface area contributed by atoms with Gasteiger partial charge in [-0.1, -0.05) is 37.3 Å². The van der Waals surface area contributed by atoms with E-state index in [4.69, 9.17) is 0 Å². The predicted molar refractivity (Wildman–Crippen MR) is 75.1 cm³/mol. The number of phenols is 3. The van der Waals surface area contributed by atoms with E-state index in [-0.39, 0.29) is 17.1 Å². The molecule has 4 heteroatoms. The number of carbonyl (C=O) groups is 1. The number of hydrogen-bond donors (Lipinski definition) is 3. The number of carbonyl (C=O) groups excluding carboxylic acids is 1. The molecule has 0 radical (unpaired) electrons. The number of aromatic hydroxyl groups is 3. The minimum atomic E-state index is -0.410. The van der Waals surface area contributed by atoms with Crippen LogP contribution < -0.4 is 0 Å². The smallest absolute Gasteiger partial charge is 0.173 e. The molecule has 0 aliphatic rings. The van der Waals surface area contributed by atoms with Gasteiger partial charge in [0.1, 0.15) is 22.8 Å². The lowest BCUT2D eigenvalue weighted by atomic mass is 9.92. The van der Waals surface area contributed by atoms with Crippen molar-refractivity contribution >= 4 is 5.78 Å². The first-order valence-corrected chi connectivity index (χ1v) is 6.32. The SMILES string of the molecule is CC(Cc1ccccc1)C(=O)c1c(O)cc(O)cc1O. The third kappa shape index (κ3) is 2.91. The average Bonchev–Trinajstić information content (AvgIpc) is 2.38. The molecule has 0 heterocycles. The Morgan fingerprint density at radius 3 is 2.15 bits per heavy atom. The first kappa shape index (κ1) is 13.9. The molecule has 0 spiro atoms. The number of benzene rings is 2. The van der Waals surface area contributed by atoms with Crippen LogP contribution in [-0.4, -0.2) is 21.1 Å². The summed E-state index contributed by atoms with van der Waals surface area (Å²) in [6.45, 7) is 1.74. The Bertz CT molecular complexity index is 597. The summed E-state index contributed by atoms with van der Waals surface area (Å²) in [5.41, 5.74) is 0.859. The van der Waals surface area contributed by atoms with Crippen LogP contribution in [0.25, 0.3) is 0 Å². The van der Waals surface area contributed by atoms with Crippen LogP contribution in [0.1, 0.15) is 22.8 Å². The van der Waals surface area contributed by atoms with E-state index in [0.29, 0.717) is 6.42 Å². The lowest BCUT2D eigenvalue weighted by Gasteiger charge is -2.13. The van der Waals surface area contributed by atoms with Gasteiger partial charge in [-0.05, 0) is 12.0 Å². The molecule has 3 N–H and O–H groups in total. The van der Waals surface area contributed by atoms with Crippen molar-refractivity contribution in [1.29, 1.82) is 0 Å². The van der Waals surface area contributed by atoms with Gasteiger partial charge in [0, 0.05) is 18.1 Å². The van der Waals surface area contributed by atoms with E-state index in [1.807, 2.05) is 30.3 Å². The number of hydrogen-bond acceptors (Lipinski definition) is 4. The summed E-state index contributed by atoms with van der Waals surface area (Å²) in [5, 5.41) is 28.7. The molecule has 0 aliphatic heterocycles. The van der Waals surface area contributed by atoms with E-state index in [2.05, 4.69) is 0 Å². The fraction of sp³-hybridized carbons (Fsp3) is 0.188. The molecule has 2 aromatic rings. The maximum absolute atomic E-state index is 12.3. The van der Waals surface area contributed by atoms with Crippen LogP contribution >= 0.6 is 0 Å². The molecule has 2 rings (SSSR count). The Kier molecular flexibility index (Phi) is 3.94. The second-order valence-electron chi connectivity index (χ2n) is 4.81. The topological polar surface area (TPSA) is 77.8 Å². The summed E-state index contributed by atoms with van der Waals surface area (Å²) in [4.78, 5) is 12.3. The molecule has 104 valence electrons. The second-order valence-corrected chi connectivity index (χ2v) is 4.81. The number of ketones is 1. The fourth-order valence-corrected chi connectivity index (χ4v) is 2.16. The highest BCUT2D eigenvalue weighted by molar-refractivity contribution is 6.02. The van der Waals surface area contributed by atoms with Crippen LogP contribution in [0.15, 0.2) is 42.5 Å². The van der Waals surface area contributed by atoms with Crippen molar-refractivity contribution in [2.24, 2.45) is 5.92 Å². The van der Waals surface area contributed by atoms with Gasteiger partial charge < -0.3 is 15.3 Å². The third-order valence-corrected chi connectivity index (χ3v) is 3.16. The van der Waals surface area contributed by atoms with Crippen molar-refractivity contribution in [3.63, 3.8) is 0 Å². The van der Waals surface area contributed by atoms with Crippen molar-refractivity contribution in [2.75, 3.05) is 0 Å². The lowest BCUT2D eigenvalue weighted by molar-refractivity contribution is 0.0923. The molecule has 0 saturated carbocycles. The minimum absolute atomic E-state index is 0.147. The van der Waals surface area contributed by atoms with Crippen molar-refractivity contribution in [3.8, 4) is 17.2 Å². The van der Waals surface area contributed by atoms with Crippen molar-refractivity contribution in [1.82, 2.24) is 0 Å². The van der Waals surface area contributed by atoms with Crippen LogP contribution in [0, 0.1) is 5.92 Å². The fourth-order valence-electron chi connectivity index (χ4n) is 2.16. The Labute approximate surface area is 116 Å². The highest BCUT2D eigenvalue weighted by atomic mass is 16.3. The van der Waals surface area contributed by atoms with Gasteiger partial charge in [0.2, 0.25) is 0 Å². The van der Waals surface area contributed by atoms with E-state index in [1.54, 1.807) is 6.92 Å². The molecule has 0 bridgehead atoms. The van der Waals surface area contributed by atoms with E-state index in [1.165, 1.54) is 0 Å². The van der Waals surface area contributed by atoms with Crippen LogP contribution in [0.3, 0.4) is 0 Å². The molecule has 0 aliphatic carbocycles. The van der Waals surface area contributed by atoms with Gasteiger partial charge in [-0.15, -0.1) is 0 Å². The van der Waals surface area contributed by atoms with Crippen LogP contribution in [0.2, 0.25) is 0 Å². The van der Waals surface area contributed by atoms with E-state index < -0.39 is 17.4 Å². The van der Waals surface area contributed by atoms with E-state index >= 15 is 0 Å². The maximum atomic E-state index is 12.3. The minimum Gasteiger partial charge on any atom is -0.508 e. The summed E-state index contributed by atoms with van der Waals surface area (Å²) in [7, 11) is 0. The van der Waals surface area contributed by atoms with Crippen molar-refractivity contribution in [2.45, 2.75) is 13.3 Å². The first-order chi connectivity index (χ1) is 9.49. The normalized spacial score (nSPS) is 12.1. The van der Waals surface area contributed by atoms with Crippen LogP contribution in [0.4, 0.5) is 0 Å². The summed E-state index contributed by atoms with van der Waals surface area (Å²) < 4.78 is 0. The number of rotatable bonds is 4. The Balaban J connectivity index is 2.23. The van der Waals surface area contributed by atoms with E-state index in [9.17, 15) is 20.1 Å². The third-order valence-electron chi connectivity index (χ3n) is 3.16.